The molecule has 2 aromatic rings. The summed E-state index contributed by atoms with van der Waals surface area (Å²) in [6.07, 6.45) is -5.83. The normalized spacial score (nSPS) is 26.8. The number of alkyl halides is 3. The number of likely N-dealkylation sites (N-methyl/N-ethyl adjacent to an activating group) is 1. The fourth-order valence-corrected chi connectivity index (χ4v) is 4.87. The van der Waals surface area contributed by atoms with E-state index in [1.165, 1.54) is 19.2 Å². The van der Waals surface area contributed by atoms with Crippen LogP contribution in [0.15, 0.2) is 48.5 Å². The van der Waals surface area contributed by atoms with Crippen LogP contribution in [0.2, 0.25) is 0 Å². The van der Waals surface area contributed by atoms with E-state index in [1.54, 1.807) is 38.1 Å². The first-order valence-corrected chi connectivity index (χ1v) is 11.9. The SMILES string of the molecule is CNC(=O)[C@@]1(OCc2cccc(C(F)(F)F)c2)CC(OCc2ccc(C#N)cc2)[C@@H]2OC(C)(C)O[C@@H]2C1. The molecule has 0 spiro atoms. The van der Waals surface area contributed by atoms with Crippen LogP contribution in [-0.4, -0.2) is 42.7 Å². The van der Waals surface area contributed by atoms with Crippen molar-refractivity contribution in [2.24, 2.45) is 0 Å². The predicted octanol–water partition coefficient (Wildman–Crippen LogP) is 4.48. The van der Waals surface area contributed by atoms with Gasteiger partial charge in [0.15, 0.2) is 11.4 Å². The van der Waals surface area contributed by atoms with Crippen LogP contribution in [0, 0.1) is 11.3 Å². The monoisotopic (exact) mass is 518 g/mol. The molecular weight excluding hydrogens is 489 g/mol. The summed E-state index contributed by atoms with van der Waals surface area (Å²) < 4.78 is 64.1. The molecule has 10 heteroatoms. The molecule has 2 aromatic carbocycles. The van der Waals surface area contributed by atoms with Gasteiger partial charge in [-0.15, -0.1) is 0 Å². The highest BCUT2D eigenvalue weighted by Gasteiger charge is 2.57. The van der Waals surface area contributed by atoms with Gasteiger partial charge in [0.2, 0.25) is 0 Å². The number of hydrogen-bond donors (Lipinski definition) is 1. The van der Waals surface area contributed by atoms with E-state index in [1.807, 2.05) is 0 Å². The Morgan fingerprint density at radius 3 is 2.49 bits per heavy atom. The van der Waals surface area contributed by atoms with Gasteiger partial charge in [0.1, 0.15) is 6.10 Å². The number of benzene rings is 2. The van der Waals surface area contributed by atoms with Crippen molar-refractivity contribution in [3.8, 4) is 6.07 Å². The van der Waals surface area contributed by atoms with Crippen LogP contribution in [0.3, 0.4) is 0 Å². The molecule has 1 unspecified atom stereocenters. The zero-order valence-electron chi connectivity index (χ0n) is 20.8. The average Bonchev–Trinajstić information content (AvgIpc) is 3.19. The van der Waals surface area contributed by atoms with Crippen molar-refractivity contribution in [1.82, 2.24) is 5.32 Å². The third kappa shape index (κ3) is 6.13. The fourth-order valence-electron chi connectivity index (χ4n) is 4.87. The van der Waals surface area contributed by atoms with Crippen LogP contribution in [0.4, 0.5) is 13.2 Å². The van der Waals surface area contributed by atoms with Crippen LogP contribution in [-0.2, 0) is 43.1 Å². The minimum Gasteiger partial charge on any atom is -0.371 e. The van der Waals surface area contributed by atoms with Gasteiger partial charge >= 0.3 is 6.18 Å². The number of fused-ring (bicyclic) bond motifs is 1. The van der Waals surface area contributed by atoms with E-state index in [9.17, 15) is 18.0 Å². The van der Waals surface area contributed by atoms with Crippen molar-refractivity contribution in [3.63, 3.8) is 0 Å². The number of nitriles is 1. The van der Waals surface area contributed by atoms with Gasteiger partial charge in [0.05, 0.1) is 42.6 Å². The van der Waals surface area contributed by atoms with Gasteiger partial charge in [0.25, 0.3) is 5.91 Å². The molecular formula is C27H29F3N2O5. The molecule has 1 aliphatic carbocycles. The van der Waals surface area contributed by atoms with Crippen LogP contribution in [0.25, 0.3) is 0 Å². The summed E-state index contributed by atoms with van der Waals surface area (Å²) in [7, 11) is 1.48. The largest absolute Gasteiger partial charge is 0.416 e. The van der Waals surface area contributed by atoms with Gasteiger partial charge in [-0.3, -0.25) is 4.79 Å². The van der Waals surface area contributed by atoms with Gasteiger partial charge in [-0.05, 0) is 49.2 Å². The molecule has 1 amide bonds. The first-order valence-electron chi connectivity index (χ1n) is 11.9. The number of hydrogen-bond acceptors (Lipinski definition) is 6. The third-order valence-electron chi connectivity index (χ3n) is 6.61. The molecule has 7 nitrogen and oxygen atoms in total. The average molecular weight is 519 g/mol. The third-order valence-corrected chi connectivity index (χ3v) is 6.61. The second-order valence-electron chi connectivity index (χ2n) is 9.77. The van der Waals surface area contributed by atoms with Crippen LogP contribution < -0.4 is 5.32 Å². The van der Waals surface area contributed by atoms with Crippen molar-refractivity contribution < 1.29 is 36.9 Å². The molecule has 37 heavy (non-hydrogen) atoms. The molecule has 4 atom stereocenters. The van der Waals surface area contributed by atoms with E-state index in [0.717, 1.165) is 17.7 Å². The Labute approximate surface area is 213 Å². The Balaban J connectivity index is 1.57. The van der Waals surface area contributed by atoms with Crippen LogP contribution in [0.1, 0.15) is 48.9 Å². The summed E-state index contributed by atoms with van der Waals surface area (Å²) in [5.74, 6) is -1.33. The molecule has 1 aliphatic heterocycles. The van der Waals surface area contributed by atoms with Crippen molar-refractivity contribution in [1.29, 1.82) is 5.26 Å². The highest BCUT2D eigenvalue weighted by molar-refractivity contribution is 5.85. The minimum absolute atomic E-state index is 0.114. The molecule has 0 bridgehead atoms. The summed E-state index contributed by atoms with van der Waals surface area (Å²) in [6, 6.07) is 13.8. The maximum Gasteiger partial charge on any atom is 0.416 e. The van der Waals surface area contributed by atoms with Crippen molar-refractivity contribution >= 4 is 5.91 Å². The van der Waals surface area contributed by atoms with E-state index < -0.39 is 47.3 Å². The lowest BCUT2D eigenvalue weighted by molar-refractivity contribution is -0.183. The van der Waals surface area contributed by atoms with Gasteiger partial charge < -0.3 is 24.3 Å². The zero-order valence-corrected chi connectivity index (χ0v) is 20.8. The van der Waals surface area contributed by atoms with Gasteiger partial charge in [0, 0.05) is 19.9 Å². The molecule has 1 heterocycles. The molecule has 2 aliphatic rings. The number of nitrogens with one attached hydrogen (secondary N) is 1. The highest BCUT2D eigenvalue weighted by Crippen LogP contribution is 2.44. The summed E-state index contributed by atoms with van der Waals surface area (Å²) in [4.78, 5) is 13.2. The van der Waals surface area contributed by atoms with E-state index >= 15 is 0 Å². The lowest BCUT2D eigenvalue weighted by Crippen LogP contribution is -2.59. The zero-order chi connectivity index (χ0) is 26.8. The van der Waals surface area contributed by atoms with E-state index in [2.05, 4.69) is 11.4 Å². The van der Waals surface area contributed by atoms with E-state index in [-0.39, 0.29) is 26.1 Å². The summed E-state index contributed by atoms with van der Waals surface area (Å²) in [5, 5.41) is 11.6. The van der Waals surface area contributed by atoms with Crippen LogP contribution >= 0.6 is 0 Å². The first kappa shape index (κ1) is 27.1. The summed E-state index contributed by atoms with van der Waals surface area (Å²) in [5.41, 5.74) is -0.556. The number of carbonyl (C=O) groups is 1. The molecule has 0 radical (unpaired) electrons. The minimum atomic E-state index is -4.49. The predicted molar refractivity (Wildman–Crippen MR) is 126 cm³/mol. The van der Waals surface area contributed by atoms with Crippen LogP contribution in [0.5, 0.6) is 0 Å². The number of carbonyl (C=O) groups excluding carboxylic acids is 1. The first-order chi connectivity index (χ1) is 17.4. The van der Waals surface area contributed by atoms with Crippen molar-refractivity contribution in [3.05, 3.63) is 70.8 Å². The van der Waals surface area contributed by atoms with E-state index in [0.29, 0.717) is 11.1 Å². The van der Waals surface area contributed by atoms with Gasteiger partial charge in [-0.1, -0.05) is 24.3 Å². The van der Waals surface area contributed by atoms with Crippen molar-refractivity contribution in [2.75, 3.05) is 7.05 Å². The number of halogens is 3. The van der Waals surface area contributed by atoms with Crippen molar-refractivity contribution in [2.45, 2.75) is 75.8 Å². The maximum atomic E-state index is 13.2. The molecule has 0 aromatic heterocycles. The quantitative estimate of drug-likeness (QED) is 0.582. The summed E-state index contributed by atoms with van der Waals surface area (Å²) >= 11 is 0. The second-order valence-corrected chi connectivity index (χ2v) is 9.77. The molecule has 2 fully saturated rings. The molecule has 198 valence electrons. The Bertz CT molecular complexity index is 1160. The molecule has 4 rings (SSSR count). The fraction of sp³-hybridized carbons (Fsp3) is 0.481. The Morgan fingerprint density at radius 1 is 1.11 bits per heavy atom. The number of nitrogens with zero attached hydrogens (tertiary/aromatic N) is 1. The second kappa shape index (κ2) is 10.4. The van der Waals surface area contributed by atoms with E-state index in [4.69, 9.17) is 24.2 Å². The topological polar surface area (TPSA) is 89.8 Å². The smallest absolute Gasteiger partial charge is 0.371 e. The Hall–Kier alpha value is -2.97. The maximum absolute atomic E-state index is 13.2. The number of amides is 1. The number of ether oxygens (including phenoxy) is 4. The lowest BCUT2D eigenvalue weighted by atomic mass is 9.78. The molecule has 1 saturated carbocycles. The molecule has 1 N–H and O–H groups in total. The highest BCUT2D eigenvalue weighted by atomic mass is 19.4. The number of rotatable bonds is 7. The summed E-state index contributed by atoms with van der Waals surface area (Å²) in [6.45, 7) is 3.53. The van der Waals surface area contributed by atoms with Gasteiger partial charge in [-0.2, -0.15) is 18.4 Å². The Kier molecular flexibility index (Phi) is 7.62. The lowest BCUT2D eigenvalue weighted by Gasteiger charge is -2.43. The Morgan fingerprint density at radius 2 is 1.84 bits per heavy atom. The standard InChI is InChI=1S/C27H29F3N2O5/c1-25(2)36-22-13-26(24(33)32-3,35-16-19-5-4-6-20(11-19)27(28,29)30)12-21(23(22)37-25)34-15-18-9-7-17(14-31)8-10-18/h4-11,21-23H,12-13,15-16H2,1-3H3,(H,32,33)/t21?,22-,23+,26-/m1/s1. The molecule has 1 saturated heterocycles. The van der Waals surface area contributed by atoms with Gasteiger partial charge in [-0.25, -0.2) is 0 Å².